The lowest BCUT2D eigenvalue weighted by Gasteiger charge is -2.31. The lowest BCUT2D eigenvalue weighted by Crippen LogP contribution is -2.39. The van der Waals surface area contributed by atoms with E-state index in [4.69, 9.17) is 14.2 Å². The Morgan fingerprint density at radius 1 is 1.05 bits per heavy atom. The lowest BCUT2D eigenvalue weighted by atomic mass is 9.80. The van der Waals surface area contributed by atoms with Gasteiger partial charge in [-0.2, -0.15) is 0 Å². The molecule has 11 nitrogen and oxygen atoms in total. The van der Waals surface area contributed by atoms with Crippen LogP contribution in [0, 0.1) is 10.1 Å². The van der Waals surface area contributed by atoms with Crippen molar-refractivity contribution >= 4 is 30.0 Å². The highest BCUT2D eigenvalue weighted by Gasteiger charge is 2.39. The van der Waals surface area contributed by atoms with E-state index in [2.05, 4.69) is 10.6 Å². The fraction of sp³-hybridized carbons (Fsp3) is 0.357. The first-order valence-corrected chi connectivity index (χ1v) is 12.6. The number of para-hydroxylation sites is 1. The summed E-state index contributed by atoms with van der Waals surface area (Å²) in [4.78, 5) is 37.3. The number of rotatable bonds is 13. The zero-order chi connectivity index (χ0) is 28.4. The molecule has 0 bridgehead atoms. The number of aliphatic hydroxyl groups is 1. The number of hydrogen-bond acceptors (Lipinski definition) is 10. The van der Waals surface area contributed by atoms with Crippen molar-refractivity contribution in [3.05, 3.63) is 92.8 Å². The Labute approximate surface area is 238 Å². The second-order valence-electron chi connectivity index (χ2n) is 8.69. The summed E-state index contributed by atoms with van der Waals surface area (Å²) in [6.07, 6.45) is -0.847. The normalized spacial score (nSPS) is 15.4. The topological polar surface area (TPSA) is 149 Å². The fourth-order valence-corrected chi connectivity index (χ4v) is 4.25. The van der Waals surface area contributed by atoms with Gasteiger partial charge in [-0.25, -0.2) is 9.59 Å². The molecule has 1 heterocycles. The summed E-state index contributed by atoms with van der Waals surface area (Å²) in [5.74, 6) is -1.68. The van der Waals surface area contributed by atoms with Crippen molar-refractivity contribution in [2.45, 2.75) is 32.8 Å². The molecule has 0 radical (unpaired) electrons. The summed E-state index contributed by atoms with van der Waals surface area (Å²) in [6.45, 7) is 5.48. The van der Waals surface area contributed by atoms with Crippen molar-refractivity contribution < 1.29 is 33.8 Å². The molecule has 0 saturated heterocycles. The first kappa shape index (κ1) is 32.3. The molecule has 1 aliphatic heterocycles. The molecule has 0 spiro atoms. The minimum absolute atomic E-state index is 0. The predicted molar refractivity (Wildman–Crippen MR) is 150 cm³/mol. The number of nitrogens with zero attached hydrogens (tertiary/aromatic N) is 1. The third kappa shape index (κ3) is 8.28. The van der Waals surface area contributed by atoms with E-state index in [1.165, 1.54) is 18.2 Å². The molecule has 2 atom stereocenters. The van der Waals surface area contributed by atoms with E-state index in [9.17, 15) is 24.8 Å². The number of benzene rings is 2. The van der Waals surface area contributed by atoms with Crippen LogP contribution in [-0.4, -0.2) is 61.0 Å². The number of carbonyl (C=O) groups is 2. The minimum atomic E-state index is -0.979. The summed E-state index contributed by atoms with van der Waals surface area (Å²) in [5.41, 5.74) is 1.30. The maximum absolute atomic E-state index is 13.3. The third-order valence-corrected chi connectivity index (χ3v) is 5.92. The van der Waals surface area contributed by atoms with Crippen LogP contribution >= 0.6 is 12.4 Å². The van der Waals surface area contributed by atoms with Gasteiger partial charge in [0.05, 0.1) is 35.2 Å². The number of hydrogen-bond donors (Lipinski definition) is 3. The van der Waals surface area contributed by atoms with Crippen LogP contribution in [0.4, 0.5) is 5.69 Å². The number of esters is 2. The number of aliphatic hydroxyl groups excluding tert-OH is 1. The molecule has 1 aliphatic rings. The van der Waals surface area contributed by atoms with E-state index in [0.717, 1.165) is 0 Å². The molecule has 2 aromatic carbocycles. The van der Waals surface area contributed by atoms with Gasteiger partial charge in [-0.05, 0) is 38.5 Å². The number of dihydropyridines is 1. The van der Waals surface area contributed by atoms with Gasteiger partial charge in [0.1, 0.15) is 18.5 Å². The van der Waals surface area contributed by atoms with Crippen LogP contribution in [0.15, 0.2) is 77.1 Å². The zero-order valence-corrected chi connectivity index (χ0v) is 23.4. The number of ether oxygens (including phenoxy) is 3. The Bertz CT molecular complexity index is 1250. The number of carbonyl (C=O) groups excluding carboxylic acids is 2. The van der Waals surface area contributed by atoms with E-state index in [0.29, 0.717) is 22.7 Å². The van der Waals surface area contributed by atoms with Gasteiger partial charge >= 0.3 is 11.9 Å². The summed E-state index contributed by atoms with van der Waals surface area (Å²) in [5, 5.41) is 28.1. The molecular weight excluding hydrogens is 542 g/mol. The number of non-ortho nitro benzene ring substituents is 1. The standard InChI is InChI=1S/C28H33N3O8.ClH/c1-4-37-27(33)24-18(3)30-23(16-29-15-21(32)17-39-22-12-7-6-8-13-22)26(28(34)38-5-2)25(24)19-10-9-11-20(14-19)31(35)36;/h6-14,21,25,29-30,32H,4-5,15-17H2,1-3H3;1H. The van der Waals surface area contributed by atoms with Crippen LogP contribution in [0.3, 0.4) is 0 Å². The van der Waals surface area contributed by atoms with Gasteiger partial charge < -0.3 is 30.0 Å². The second kappa shape index (κ2) is 15.6. The molecule has 3 N–H and O–H groups in total. The highest BCUT2D eigenvalue weighted by Crippen LogP contribution is 2.40. The summed E-state index contributed by atoms with van der Waals surface area (Å²) in [6, 6.07) is 14.9. The predicted octanol–water partition coefficient (Wildman–Crippen LogP) is 3.39. The molecule has 40 heavy (non-hydrogen) atoms. The molecule has 0 amide bonds. The fourth-order valence-electron chi connectivity index (χ4n) is 4.25. The molecule has 0 aromatic heterocycles. The number of allylic oxidation sites excluding steroid dienone is 1. The maximum Gasteiger partial charge on any atom is 0.336 e. The molecule has 2 unspecified atom stereocenters. The monoisotopic (exact) mass is 575 g/mol. The van der Waals surface area contributed by atoms with Crippen LogP contribution in [0.1, 0.15) is 32.3 Å². The Kier molecular flexibility index (Phi) is 12.6. The zero-order valence-electron chi connectivity index (χ0n) is 22.5. The van der Waals surface area contributed by atoms with Gasteiger partial charge in [-0.15, -0.1) is 12.4 Å². The van der Waals surface area contributed by atoms with Crippen molar-refractivity contribution in [3.8, 4) is 5.75 Å². The van der Waals surface area contributed by atoms with Crippen molar-refractivity contribution in [2.24, 2.45) is 0 Å². The Morgan fingerprint density at radius 2 is 1.70 bits per heavy atom. The summed E-state index contributed by atoms with van der Waals surface area (Å²) in [7, 11) is 0. The van der Waals surface area contributed by atoms with E-state index in [-0.39, 0.29) is 62.2 Å². The minimum Gasteiger partial charge on any atom is -0.491 e. The Morgan fingerprint density at radius 3 is 2.33 bits per heavy atom. The van der Waals surface area contributed by atoms with Gasteiger partial charge in [-0.3, -0.25) is 10.1 Å². The lowest BCUT2D eigenvalue weighted by molar-refractivity contribution is -0.384. The van der Waals surface area contributed by atoms with Crippen LogP contribution in [-0.2, 0) is 19.1 Å². The van der Waals surface area contributed by atoms with Gasteiger partial charge in [-0.1, -0.05) is 30.3 Å². The molecule has 0 aliphatic carbocycles. The summed E-state index contributed by atoms with van der Waals surface area (Å²) >= 11 is 0. The Balaban J connectivity index is 0.00000560. The van der Waals surface area contributed by atoms with Crippen LogP contribution in [0.25, 0.3) is 0 Å². The third-order valence-electron chi connectivity index (χ3n) is 5.92. The number of nitrogens with one attached hydrogen (secondary N) is 2. The molecule has 216 valence electrons. The molecule has 0 fully saturated rings. The first-order chi connectivity index (χ1) is 18.8. The highest BCUT2D eigenvalue weighted by molar-refractivity contribution is 6.00. The van der Waals surface area contributed by atoms with Gasteiger partial charge in [0, 0.05) is 36.6 Å². The molecule has 0 saturated carbocycles. The quantitative estimate of drug-likeness (QED) is 0.184. The van der Waals surface area contributed by atoms with E-state index in [1.54, 1.807) is 39.0 Å². The summed E-state index contributed by atoms with van der Waals surface area (Å²) < 4.78 is 16.2. The van der Waals surface area contributed by atoms with Crippen molar-refractivity contribution in [3.63, 3.8) is 0 Å². The van der Waals surface area contributed by atoms with Crippen LogP contribution in [0.5, 0.6) is 5.75 Å². The highest BCUT2D eigenvalue weighted by atomic mass is 35.5. The van der Waals surface area contributed by atoms with Crippen LogP contribution < -0.4 is 15.4 Å². The van der Waals surface area contributed by atoms with Gasteiger partial charge in [0.15, 0.2) is 0 Å². The number of nitro benzene ring substituents is 1. The second-order valence-corrected chi connectivity index (χ2v) is 8.69. The number of nitro groups is 1. The van der Waals surface area contributed by atoms with Gasteiger partial charge in [0.2, 0.25) is 0 Å². The van der Waals surface area contributed by atoms with Crippen molar-refractivity contribution in [1.82, 2.24) is 10.6 Å². The maximum atomic E-state index is 13.3. The van der Waals surface area contributed by atoms with Crippen molar-refractivity contribution in [2.75, 3.05) is 32.9 Å². The molecule has 3 rings (SSSR count). The molecular formula is C28H34ClN3O8. The number of halogens is 1. The average molecular weight is 576 g/mol. The van der Waals surface area contributed by atoms with E-state index < -0.39 is 28.9 Å². The van der Waals surface area contributed by atoms with E-state index in [1.807, 2.05) is 18.2 Å². The van der Waals surface area contributed by atoms with E-state index >= 15 is 0 Å². The molecule has 2 aromatic rings. The largest absolute Gasteiger partial charge is 0.491 e. The smallest absolute Gasteiger partial charge is 0.336 e. The average Bonchev–Trinajstić information content (AvgIpc) is 2.92. The van der Waals surface area contributed by atoms with Crippen LogP contribution in [0.2, 0.25) is 0 Å². The Hall–Kier alpha value is -3.93. The first-order valence-electron chi connectivity index (χ1n) is 12.6. The van der Waals surface area contributed by atoms with Crippen molar-refractivity contribution in [1.29, 1.82) is 0 Å². The SMILES string of the molecule is CCOC(=O)C1=C(C)NC(CNCC(O)COc2ccccc2)=C(C(=O)OCC)C1c1cccc([N+](=O)[O-])c1.Cl. The van der Waals surface area contributed by atoms with Gasteiger partial charge in [0.25, 0.3) is 5.69 Å². The molecule has 12 heteroatoms.